The molecule has 2 saturated heterocycles. The fourth-order valence-electron chi connectivity index (χ4n) is 8.12. The lowest BCUT2D eigenvalue weighted by Crippen LogP contribution is -2.37. The summed E-state index contributed by atoms with van der Waals surface area (Å²) in [5.41, 5.74) is 12.4. The molecule has 6 aromatic rings. The van der Waals surface area contributed by atoms with Crippen LogP contribution in [-0.2, 0) is 20.7 Å². The van der Waals surface area contributed by atoms with Gasteiger partial charge in [-0.1, -0.05) is 91.0 Å². The second-order valence-corrected chi connectivity index (χ2v) is 15.0. The molecule has 2 aliphatic rings. The average Bonchev–Trinajstić information content (AvgIpc) is 4.08. The van der Waals surface area contributed by atoms with Crippen LogP contribution in [0.1, 0.15) is 66.6 Å². The van der Waals surface area contributed by atoms with Gasteiger partial charge >= 0.3 is 6.09 Å². The van der Waals surface area contributed by atoms with Crippen molar-refractivity contribution in [3.63, 3.8) is 0 Å². The Morgan fingerprint density at radius 1 is 0.759 bits per heavy atom. The number of nitrogens with one attached hydrogen (secondary N) is 2. The smallest absolute Gasteiger partial charge is 0.405 e. The van der Waals surface area contributed by atoms with Crippen molar-refractivity contribution < 1.29 is 23.5 Å². The quantitative estimate of drug-likeness (QED) is 0.122. The zero-order chi connectivity index (χ0) is 40.3. The van der Waals surface area contributed by atoms with Gasteiger partial charge in [-0.05, 0) is 59.6 Å². The van der Waals surface area contributed by atoms with Crippen LogP contribution in [0.5, 0.6) is 0 Å². The van der Waals surface area contributed by atoms with Crippen molar-refractivity contribution in [1.82, 2.24) is 29.7 Å². The zero-order valence-corrected chi connectivity index (χ0v) is 32.4. The molecule has 12 nitrogen and oxygen atoms in total. The average molecular weight is 781 g/mol. The van der Waals surface area contributed by atoms with E-state index in [1.54, 1.807) is 78.8 Å². The number of amides is 3. The standard InChI is InChI=1S/C45H45FN8O4/c1-52(2)36-12-6-11-33(40(36)46)25-39(55)53-23-7-13-37(53)42-48-26-34(50-42)30-19-15-28(16-20-30)29-17-21-31(22-18-29)35-27-49-43(51-35)38-14-8-24-54(38)44(56)41(58-45(47)57)32-9-4-3-5-10-32/h3-6,9-12,15-22,26-27,37-38,41H,7-8,13-14,23-25H2,1-2H3,(H2,47,57)(H,48,50)(H,49,51)/t37-,38-,41+/m0/s1. The Kier molecular flexibility index (Phi) is 10.8. The molecule has 0 bridgehead atoms. The number of carbonyl (C=O) groups excluding carboxylic acids is 3. The van der Waals surface area contributed by atoms with Crippen molar-refractivity contribution in [3.8, 4) is 33.6 Å². The topological polar surface area (TPSA) is 154 Å². The number of rotatable bonds is 11. The highest BCUT2D eigenvalue weighted by Gasteiger charge is 2.38. The predicted molar refractivity (Wildman–Crippen MR) is 219 cm³/mol. The first-order valence-corrected chi connectivity index (χ1v) is 19.5. The van der Waals surface area contributed by atoms with E-state index >= 15 is 4.39 Å². The van der Waals surface area contributed by atoms with Gasteiger partial charge in [-0.2, -0.15) is 0 Å². The maximum Gasteiger partial charge on any atom is 0.405 e. The zero-order valence-electron chi connectivity index (χ0n) is 32.4. The number of ether oxygens (including phenoxy) is 1. The van der Waals surface area contributed by atoms with E-state index in [0.29, 0.717) is 35.7 Å². The van der Waals surface area contributed by atoms with E-state index in [1.165, 1.54) is 0 Å². The molecule has 4 heterocycles. The number of benzene rings is 4. The number of carbonyl (C=O) groups is 3. The Morgan fingerprint density at radius 2 is 1.29 bits per heavy atom. The minimum Gasteiger partial charge on any atom is -0.431 e. The number of hydrogen-bond donors (Lipinski definition) is 3. The highest BCUT2D eigenvalue weighted by Crippen LogP contribution is 2.36. The lowest BCUT2D eigenvalue weighted by molar-refractivity contribution is -0.141. The van der Waals surface area contributed by atoms with E-state index < -0.39 is 12.2 Å². The Morgan fingerprint density at radius 3 is 1.84 bits per heavy atom. The molecule has 2 fully saturated rings. The van der Waals surface area contributed by atoms with E-state index in [4.69, 9.17) is 10.5 Å². The number of hydrogen-bond acceptors (Lipinski definition) is 7. The number of nitrogens with two attached hydrogens (primary N) is 1. The number of primary amides is 1. The molecule has 3 atom stereocenters. The summed E-state index contributed by atoms with van der Waals surface area (Å²) in [6.07, 6.45) is 4.58. The van der Waals surface area contributed by atoms with Crippen molar-refractivity contribution in [3.05, 3.63) is 138 Å². The third-order valence-corrected chi connectivity index (χ3v) is 11.1. The van der Waals surface area contributed by atoms with E-state index in [2.05, 4.69) is 44.2 Å². The lowest BCUT2D eigenvalue weighted by Gasteiger charge is -2.27. The highest BCUT2D eigenvalue weighted by atomic mass is 19.1. The van der Waals surface area contributed by atoms with E-state index in [1.807, 2.05) is 35.2 Å². The number of aromatic amines is 2. The minimum absolute atomic E-state index is 0.00274. The second kappa shape index (κ2) is 16.4. The summed E-state index contributed by atoms with van der Waals surface area (Å²) in [5, 5.41) is 0. The van der Waals surface area contributed by atoms with Gasteiger partial charge in [0.15, 0.2) is 0 Å². The molecule has 4 aromatic carbocycles. The molecule has 0 spiro atoms. The monoisotopic (exact) mass is 780 g/mol. The van der Waals surface area contributed by atoms with E-state index in [0.717, 1.165) is 65.1 Å². The van der Waals surface area contributed by atoms with Crippen molar-refractivity contribution in [2.24, 2.45) is 5.73 Å². The molecule has 2 aliphatic heterocycles. The maximum absolute atomic E-state index is 15.1. The van der Waals surface area contributed by atoms with Crippen LogP contribution in [0.25, 0.3) is 33.6 Å². The van der Waals surface area contributed by atoms with Gasteiger partial charge in [-0.15, -0.1) is 0 Å². The van der Waals surface area contributed by atoms with Crippen LogP contribution in [0.3, 0.4) is 0 Å². The van der Waals surface area contributed by atoms with Gasteiger partial charge in [0, 0.05) is 32.7 Å². The Labute approximate surface area is 335 Å². The number of nitrogens with zero attached hydrogens (tertiary/aromatic N) is 5. The molecule has 2 aromatic heterocycles. The largest absolute Gasteiger partial charge is 0.431 e. The Bertz CT molecular complexity index is 2410. The predicted octanol–water partition coefficient (Wildman–Crippen LogP) is 7.75. The lowest BCUT2D eigenvalue weighted by atomic mass is 10.0. The number of aromatic nitrogens is 4. The number of anilines is 1. The van der Waals surface area contributed by atoms with Crippen molar-refractivity contribution >= 4 is 23.6 Å². The molecular formula is C45H45FN8O4. The molecule has 8 rings (SSSR count). The van der Waals surface area contributed by atoms with Crippen LogP contribution in [0.4, 0.5) is 14.9 Å². The van der Waals surface area contributed by atoms with Crippen LogP contribution in [-0.4, -0.2) is 74.8 Å². The summed E-state index contributed by atoms with van der Waals surface area (Å²) in [5.74, 6) is 0.586. The van der Waals surface area contributed by atoms with Gasteiger partial charge in [-0.3, -0.25) is 9.59 Å². The van der Waals surface area contributed by atoms with E-state index in [-0.39, 0.29) is 36.1 Å². The minimum atomic E-state index is -1.14. The van der Waals surface area contributed by atoms with Crippen molar-refractivity contribution in [1.29, 1.82) is 0 Å². The third-order valence-electron chi connectivity index (χ3n) is 11.1. The first kappa shape index (κ1) is 38.1. The molecule has 0 radical (unpaired) electrons. The third kappa shape index (κ3) is 7.80. The first-order chi connectivity index (χ1) is 28.1. The van der Waals surface area contributed by atoms with Crippen LogP contribution in [0.15, 0.2) is 109 Å². The van der Waals surface area contributed by atoms with Gasteiger partial charge < -0.3 is 35.1 Å². The first-order valence-electron chi connectivity index (χ1n) is 19.5. The number of H-pyrrole nitrogens is 2. The maximum atomic E-state index is 15.1. The van der Waals surface area contributed by atoms with Gasteiger partial charge in [-0.25, -0.2) is 19.2 Å². The van der Waals surface area contributed by atoms with Crippen LogP contribution in [0, 0.1) is 5.82 Å². The summed E-state index contributed by atoms with van der Waals surface area (Å²) in [6, 6.07) is 30.0. The summed E-state index contributed by atoms with van der Waals surface area (Å²) in [7, 11) is 3.57. The molecule has 58 heavy (non-hydrogen) atoms. The number of halogens is 1. The van der Waals surface area contributed by atoms with Crippen molar-refractivity contribution in [2.75, 3.05) is 32.1 Å². The van der Waals surface area contributed by atoms with Gasteiger partial charge in [0.25, 0.3) is 5.91 Å². The highest BCUT2D eigenvalue weighted by molar-refractivity contribution is 5.85. The van der Waals surface area contributed by atoms with Gasteiger partial charge in [0.2, 0.25) is 12.0 Å². The van der Waals surface area contributed by atoms with Crippen LogP contribution in [0.2, 0.25) is 0 Å². The fraction of sp³-hybridized carbons (Fsp3) is 0.267. The summed E-state index contributed by atoms with van der Waals surface area (Å²) >= 11 is 0. The Hall–Kier alpha value is -6.76. The number of imidazole rings is 2. The Balaban J connectivity index is 0.915. The molecular weight excluding hydrogens is 736 g/mol. The second-order valence-electron chi connectivity index (χ2n) is 15.0. The summed E-state index contributed by atoms with van der Waals surface area (Å²) in [6.45, 7) is 1.12. The van der Waals surface area contributed by atoms with Crippen LogP contribution < -0.4 is 10.6 Å². The fourth-order valence-corrected chi connectivity index (χ4v) is 8.12. The van der Waals surface area contributed by atoms with Crippen LogP contribution >= 0.6 is 0 Å². The molecule has 4 N–H and O–H groups in total. The van der Waals surface area contributed by atoms with Gasteiger partial charge in [0.1, 0.15) is 17.5 Å². The van der Waals surface area contributed by atoms with Crippen molar-refractivity contribution in [2.45, 2.75) is 50.3 Å². The molecule has 13 heteroatoms. The normalized spacial score (nSPS) is 17.0. The molecule has 0 saturated carbocycles. The summed E-state index contributed by atoms with van der Waals surface area (Å²) in [4.78, 5) is 60.3. The van der Waals surface area contributed by atoms with Gasteiger partial charge in [0.05, 0.1) is 48.0 Å². The molecule has 296 valence electrons. The molecule has 0 aliphatic carbocycles. The number of likely N-dealkylation sites (tertiary alicyclic amines) is 2. The molecule has 0 unspecified atom stereocenters. The SMILES string of the molecule is CN(C)c1cccc(CC(=O)N2CCC[C@H]2c2ncc(-c3ccc(-c4ccc(-c5cnc([C@@H]6CCCN6C(=O)[C@H](OC(N)=O)c6ccccc6)[nH]5)cc4)cc3)[nH]2)c1F. The summed E-state index contributed by atoms with van der Waals surface area (Å²) < 4.78 is 20.4. The van der Waals surface area contributed by atoms with E-state index in [9.17, 15) is 14.4 Å². The molecule has 3 amide bonds.